The summed E-state index contributed by atoms with van der Waals surface area (Å²) in [4.78, 5) is 20.3. The molecule has 3 aliphatic rings. The molecule has 3 heterocycles. The van der Waals surface area contributed by atoms with Crippen molar-refractivity contribution in [2.75, 3.05) is 33.4 Å². The van der Waals surface area contributed by atoms with E-state index in [9.17, 15) is 30.3 Å². The minimum Gasteiger partial charge on any atom is -0.459 e. The molecular formula is C50H87N3O13. The van der Waals surface area contributed by atoms with E-state index >= 15 is 0 Å². The summed E-state index contributed by atoms with van der Waals surface area (Å²) < 4.78 is 37.6. The van der Waals surface area contributed by atoms with Crippen LogP contribution in [-0.4, -0.2) is 149 Å². The number of benzene rings is 1. The molecule has 3 saturated heterocycles. The van der Waals surface area contributed by atoms with E-state index in [-0.39, 0.29) is 32.0 Å². The summed E-state index contributed by atoms with van der Waals surface area (Å²) in [6, 6.07) is 10.4. The van der Waals surface area contributed by atoms with Gasteiger partial charge in [-0.15, -0.1) is 0 Å². The maximum absolute atomic E-state index is 14.4. The molecule has 0 radical (unpaired) electrons. The molecule has 16 nitrogen and oxygen atoms in total. The van der Waals surface area contributed by atoms with Gasteiger partial charge in [-0.1, -0.05) is 76.0 Å². The summed E-state index contributed by atoms with van der Waals surface area (Å²) in [6.45, 7) is 20.7. The molecule has 380 valence electrons. The Balaban J connectivity index is 1.56. The van der Waals surface area contributed by atoms with E-state index in [4.69, 9.17) is 33.3 Å². The highest BCUT2D eigenvalue weighted by Crippen LogP contribution is 2.41. The number of unbranched alkanes of at least 4 members (excludes halogenated alkanes) is 3. The smallest absolute Gasteiger partial charge is 0.311 e. The molecule has 0 spiro atoms. The molecule has 3 aliphatic heterocycles. The molecular weight excluding hydrogens is 851 g/mol. The summed E-state index contributed by atoms with van der Waals surface area (Å²) in [5.74, 6) is -3.93. The fourth-order valence-electron chi connectivity index (χ4n) is 10.0. The number of hydrogen-bond acceptors (Lipinski definition) is 16. The average molecular weight is 938 g/mol. The van der Waals surface area contributed by atoms with Crippen molar-refractivity contribution in [3.8, 4) is 0 Å². The number of nitrogens with one attached hydrogen (secondary N) is 2. The van der Waals surface area contributed by atoms with Crippen molar-refractivity contribution >= 4 is 11.7 Å². The van der Waals surface area contributed by atoms with E-state index in [1.165, 1.54) is 19.6 Å². The Labute approximate surface area is 394 Å². The number of carbonyl (C=O) groups is 1. The molecule has 0 bridgehead atoms. The predicted octanol–water partition coefficient (Wildman–Crippen LogP) is 4.99. The number of ether oxygens (including phenoxy) is 6. The van der Waals surface area contributed by atoms with Gasteiger partial charge in [0.05, 0.1) is 53.4 Å². The zero-order valence-corrected chi connectivity index (χ0v) is 41.8. The van der Waals surface area contributed by atoms with Crippen molar-refractivity contribution in [3.63, 3.8) is 0 Å². The SMILES string of the molecule is CC[C@H]1OC(=O)[C@H](C)[C@@H](O[C@H]2C[C@@](C)(OC)[C@@H](O)[C@H](C)O2)[C@H](C)[C@@H](O[C@@H]2O[C@H](C)CC[C@H]2O)[C@](C)(O)C[C@@H](C)/C(=N\OCCNCCCCCCNCc2ccccc2)[C@H](C)[C@@H](O)[C@]1(C)O. The molecule has 3 fully saturated rings. The van der Waals surface area contributed by atoms with Crippen molar-refractivity contribution in [3.05, 3.63) is 35.9 Å². The Morgan fingerprint density at radius 2 is 1.48 bits per heavy atom. The lowest BCUT2D eigenvalue weighted by Crippen LogP contribution is -2.60. The molecule has 1 aromatic carbocycles. The van der Waals surface area contributed by atoms with Crippen LogP contribution >= 0.6 is 0 Å². The van der Waals surface area contributed by atoms with Gasteiger partial charge in [-0.05, 0) is 98.7 Å². The highest BCUT2D eigenvalue weighted by Gasteiger charge is 2.53. The van der Waals surface area contributed by atoms with Crippen LogP contribution in [0.5, 0.6) is 0 Å². The van der Waals surface area contributed by atoms with Crippen LogP contribution < -0.4 is 10.6 Å². The second-order valence-electron chi connectivity index (χ2n) is 20.1. The summed E-state index contributed by atoms with van der Waals surface area (Å²) in [5.41, 5.74) is -3.02. The first-order valence-electron chi connectivity index (χ1n) is 24.7. The third-order valence-electron chi connectivity index (χ3n) is 14.3. The quantitative estimate of drug-likeness (QED) is 0.0553. The number of oxime groups is 1. The van der Waals surface area contributed by atoms with E-state index in [0.29, 0.717) is 25.1 Å². The van der Waals surface area contributed by atoms with E-state index in [2.05, 4.69) is 40.1 Å². The lowest BCUT2D eigenvalue weighted by atomic mass is 9.73. The molecule has 0 aliphatic carbocycles. The van der Waals surface area contributed by atoms with Gasteiger partial charge in [-0.25, -0.2) is 0 Å². The van der Waals surface area contributed by atoms with E-state index < -0.39 is 102 Å². The van der Waals surface area contributed by atoms with Crippen molar-refractivity contribution in [2.24, 2.45) is 28.8 Å². The van der Waals surface area contributed by atoms with Gasteiger partial charge in [0.1, 0.15) is 30.5 Å². The summed E-state index contributed by atoms with van der Waals surface area (Å²) in [7, 11) is 1.50. The van der Waals surface area contributed by atoms with Crippen LogP contribution in [0.3, 0.4) is 0 Å². The Morgan fingerprint density at radius 3 is 2.14 bits per heavy atom. The van der Waals surface area contributed by atoms with Crippen LogP contribution in [0, 0.1) is 23.7 Å². The predicted molar refractivity (Wildman–Crippen MR) is 251 cm³/mol. The van der Waals surface area contributed by atoms with Crippen molar-refractivity contribution < 1.29 is 63.6 Å². The summed E-state index contributed by atoms with van der Waals surface area (Å²) in [6.07, 6.45) is -4.02. The monoisotopic (exact) mass is 938 g/mol. The molecule has 66 heavy (non-hydrogen) atoms. The maximum atomic E-state index is 14.4. The Kier molecular flexibility index (Phi) is 22.2. The van der Waals surface area contributed by atoms with Crippen molar-refractivity contribution in [1.29, 1.82) is 0 Å². The Bertz CT molecular complexity index is 1600. The number of nitrogens with zero attached hydrogens (tertiary/aromatic N) is 1. The highest BCUT2D eigenvalue weighted by molar-refractivity contribution is 5.88. The lowest BCUT2D eigenvalue weighted by Gasteiger charge is -2.48. The van der Waals surface area contributed by atoms with Gasteiger partial charge >= 0.3 is 5.97 Å². The second-order valence-corrected chi connectivity index (χ2v) is 20.1. The Morgan fingerprint density at radius 1 is 0.818 bits per heavy atom. The number of aliphatic hydroxyl groups is 5. The van der Waals surface area contributed by atoms with Crippen molar-refractivity contribution in [2.45, 2.75) is 212 Å². The van der Waals surface area contributed by atoms with E-state index in [1.54, 1.807) is 48.5 Å². The number of hydrogen-bond donors (Lipinski definition) is 7. The van der Waals surface area contributed by atoms with Crippen LogP contribution in [0.1, 0.15) is 133 Å². The molecule has 17 atom stereocenters. The number of methoxy groups -OCH3 is 1. The first-order valence-corrected chi connectivity index (χ1v) is 24.7. The minimum atomic E-state index is -1.94. The van der Waals surface area contributed by atoms with Gasteiger partial charge in [0.25, 0.3) is 0 Å². The van der Waals surface area contributed by atoms with Crippen LogP contribution in [0.15, 0.2) is 35.5 Å². The third kappa shape index (κ3) is 15.3. The normalized spacial score (nSPS) is 40.4. The topological polar surface area (TPSA) is 219 Å². The van der Waals surface area contributed by atoms with Gasteiger partial charge in [-0.3, -0.25) is 4.79 Å². The fraction of sp³-hybridized carbons (Fsp3) is 0.840. The van der Waals surface area contributed by atoms with Gasteiger partial charge in [0, 0.05) is 44.4 Å². The highest BCUT2D eigenvalue weighted by atomic mass is 16.7. The first-order chi connectivity index (χ1) is 31.2. The van der Waals surface area contributed by atoms with Crippen LogP contribution in [0.25, 0.3) is 0 Å². The average Bonchev–Trinajstić information content (AvgIpc) is 3.28. The van der Waals surface area contributed by atoms with Gasteiger partial charge in [0.2, 0.25) is 0 Å². The number of rotatable bonds is 19. The molecule has 0 unspecified atom stereocenters. The zero-order chi connectivity index (χ0) is 48.8. The van der Waals surface area contributed by atoms with Crippen LogP contribution in [-0.2, 0) is 44.6 Å². The molecule has 1 aromatic rings. The van der Waals surface area contributed by atoms with E-state index in [0.717, 1.165) is 45.3 Å². The van der Waals surface area contributed by atoms with Gasteiger partial charge in [-0.2, -0.15) is 0 Å². The third-order valence-corrected chi connectivity index (χ3v) is 14.3. The molecule has 4 rings (SSSR count). The molecule has 0 amide bonds. The largest absolute Gasteiger partial charge is 0.459 e. The second kappa shape index (κ2) is 26.0. The summed E-state index contributed by atoms with van der Waals surface area (Å²) in [5, 5.41) is 70.5. The number of aliphatic hydroxyl groups excluding tert-OH is 3. The molecule has 0 saturated carbocycles. The number of carbonyl (C=O) groups excluding carboxylic acids is 1. The summed E-state index contributed by atoms with van der Waals surface area (Å²) >= 11 is 0. The molecule has 7 N–H and O–H groups in total. The number of cyclic esters (lactones) is 1. The minimum absolute atomic E-state index is 0.0233. The van der Waals surface area contributed by atoms with Crippen molar-refractivity contribution in [1.82, 2.24) is 10.6 Å². The van der Waals surface area contributed by atoms with Crippen LogP contribution in [0.2, 0.25) is 0 Å². The fourth-order valence-corrected chi connectivity index (χ4v) is 10.0. The first kappa shape index (κ1) is 56.3. The van der Waals surface area contributed by atoms with Crippen LogP contribution in [0.4, 0.5) is 0 Å². The maximum Gasteiger partial charge on any atom is 0.311 e. The molecule has 0 aromatic heterocycles. The van der Waals surface area contributed by atoms with Gasteiger partial charge < -0.3 is 69.4 Å². The Hall–Kier alpha value is -2.32. The standard InChI is InChI=1S/C50H87N3O13/c1-12-39-50(10,59)43(55)33(4)41(53-61-27-26-51-24-18-13-14-19-25-52-30-37-20-16-15-17-21-37)31(2)28-48(8,58)45(66-47-38(54)23-22-32(3)62-47)34(5)42(35(6)46(57)64-39)65-40-29-49(9,60-11)44(56)36(7)63-40/h15-17,20-21,31-36,38-40,42-45,47,51-52,54-56,58-59H,12-14,18-19,22-30H2,1-11H3/b53-41+/t31-,32-,33+,34+,35-,36+,38-,39-,40+,42+,43-,44+,45-,47+,48-,49-,50-/m1/s1. The molecule has 16 heteroatoms. The zero-order valence-electron chi connectivity index (χ0n) is 41.8. The lowest BCUT2D eigenvalue weighted by molar-refractivity contribution is -0.314. The number of esters is 1. The van der Waals surface area contributed by atoms with Gasteiger partial charge in [0.15, 0.2) is 12.6 Å². The van der Waals surface area contributed by atoms with E-state index in [1.807, 2.05) is 19.9 Å².